The van der Waals surface area contributed by atoms with Crippen LogP contribution in [-0.4, -0.2) is 54.5 Å². The van der Waals surface area contributed by atoms with E-state index < -0.39 is 0 Å². The number of rotatable bonds is 4. The van der Waals surface area contributed by atoms with Gasteiger partial charge in [-0.3, -0.25) is 9.69 Å². The highest BCUT2D eigenvalue weighted by molar-refractivity contribution is 9.10. The second-order valence-corrected chi connectivity index (χ2v) is 10.7. The molecule has 0 aliphatic carbocycles. The van der Waals surface area contributed by atoms with E-state index in [1.165, 1.54) is 23.0 Å². The van der Waals surface area contributed by atoms with E-state index in [2.05, 4.69) is 57.3 Å². The van der Waals surface area contributed by atoms with Gasteiger partial charge in [-0.05, 0) is 68.4 Å². The average Bonchev–Trinajstić information content (AvgIpc) is 2.84. The number of benzene rings is 1. The fourth-order valence-corrected chi connectivity index (χ4v) is 5.73. The van der Waals surface area contributed by atoms with Crippen LogP contribution < -0.4 is 10.0 Å². The van der Waals surface area contributed by atoms with Crippen LogP contribution in [0.5, 0.6) is 0 Å². The Kier molecular flexibility index (Phi) is 7.33. The van der Waals surface area contributed by atoms with Crippen molar-refractivity contribution in [3.8, 4) is 0 Å². The fourth-order valence-electron chi connectivity index (χ4n) is 5.47. The molecule has 182 valence electrons. The normalized spacial score (nSPS) is 18.6. The summed E-state index contributed by atoms with van der Waals surface area (Å²) in [6.45, 7) is 9.50. The van der Waals surface area contributed by atoms with Crippen molar-refractivity contribution in [1.82, 2.24) is 15.1 Å². The first kappa shape index (κ1) is 24.7. The maximum Gasteiger partial charge on any atom is 0.260 e. The van der Waals surface area contributed by atoms with E-state index in [1.807, 2.05) is 18.9 Å². The molecule has 0 bridgehead atoms. The number of pyridine rings is 1. The molecule has 3 heterocycles. The highest BCUT2D eigenvalue weighted by atomic mass is 79.9. The number of nitrogens with one attached hydrogen (secondary N) is 1. The number of likely N-dealkylation sites (tertiary alicyclic amines) is 2. The Morgan fingerprint density at radius 1 is 1.06 bits per heavy atom. The minimum absolute atomic E-state index is 0.0146. The van der Waals surface area contributed by atoms with E-state index in [9.17, 15) is 10.0 Å². The quantitative estimate of drug-likeness (QED) is 0.473. The molecule has 1 amide bonds. The maximum absolute atomic E-state index is 13.2. The van der Waals surface area contributed by atoms with Crippen molar-refractivity contribution in [2.75, 3.05) is 33.2 Å². The first-order chi connectivity index (χ1) is 16.2. The lowest BCUT2D eigenvalue weighted by Crippen LogP contribution is -2.56. The number of piperidine rings is 2. The molecule has 2 aliphatic rings. The third kappa shape index (κ3) is 4.86. The van der Waals surface area contributed by atoms with Gasteiger partial charge in [0.15, 0.2) is 6.20 Å². The van der Waals surface area contributed by atoms with Crippen molar-refractivity contribution in [2.45, 2.75) is 52.0 Å². The Balaban J connectivity index is 1.40. The van der Waals surface area contributed by atoms with Crippen molar-refractivity contribution >= 4 is 27.5 Å². The predicted octanol–water partition coefficient (Wildman–Crippen LogP) is 4.42. The number of carbonyl (C=O) groups is 1. The third-order valence-electron chi connectivity index (χ3n) is 7.76. The standard InChI is InChI=1S/C27H35BrN4O2/c1-19-9-16-32(34)20(2)24(19)26(33)30-17-12-27(3,13-18-30)31-14-10-22(11-15-31)25(29-4)21-5-7-23(28)8-6-21/h5-9,16,29H,10-15,17-18H2,1-4H3. The molecule has 1 aromatic heterocycles. The first-order valence-corrected chi connectivity index (χ1v) is 12.9. The monoisotopic (exact) mass is 526 g/mol. The Labute approximate surface area is 211 Å². The lowest BCUT2D eigenvalue weighted by atomic mass is 9.84. The molecule has 0 atom stereocenters. The summed E-state index contributed by atoms with van der Waals surface area (Å²) < 4.78 is 1.88. The molecule has 2 aromatic rings. The average molecular weight is 528 g/mol. The zero-order valence-electron chi connectivity index (χ0n) is 20.7. The number of amides is 1. The lowest BCUT2D eigenvalue weighted by Gasteiger charge is -2.48. The minimum Gasteiger partial charge on any atom is -0.618 e. The van der Waals surface area contributed by atoms with Gasteiger partial charge in [0.25, 0.3) is 5.91 Å². The number of hydrogen-bond donors (Lipinski definition) is 1. The summed E-state index contributed by atoms with van der Waals surface area (Å²) in [5, 5.41) is 15.5. The van der Waals surface area contributed by atoms with Gasteiger partial charge in [-0.15, -0.1) is 0 Å². The Bertz CT molecular complexity index is 1080. The summed E-state index contributed by atoms with van der Waals surface area (Å²) in [6.07, 6.45) is 5.48. The molecular formula is C27H35BrN4O2. The van der Waals surface area contributed by atoms with E-state index in [1.54, 1.807) is 13.0 Å². The summed E-state index contributed by atoms with van der Waals surface area (Å²) in [6, 6.07) is 10.2. The van der Waals surface area contributed by atoms with E-state index in [0.717, 1.165) is 66.6 Å². The van der Waals surface area contributed by atoms with Crippen molar-refractivity contribution < 1.29 is 9.52 Å². The van der Waals surface area contributed by atoms with Crippen molar-refractivity contribution in [2.24, 2.45) is 0 Å². The summed E-state index contributed by atoms with van der Waals surface area (Å²) in [5.41, 5.74) is 5.97. The van der Waals surface area contributed by atoms with Gasteiger partial charge in [0.1, 0.15) is 5.56 Å². The van der Waals surface area contributed by atoms with Gasteiger partial charge in [0, 0.05) is 61.9 Å². The molecular weight excluding hydrogens is 492 g/mol. The summed E-state index contributed by atoms with van der Waals surface area (Å²) in [4.78, 5) is 17.8. The number of nitrogens with zero attached hydrogens (tertiary/aromatic N) is 3. The van der Waals surface area contributed by atoms with Gasteiger partial charge in [-0.1, -0.05) is 28.1 Å². The number of halogens is 1. The summed E-state index contributed by atoms with van der Waals surface area (Å²) in [5.74, 6) is -0.0146. The van der Waals surface area contributed by atoms with Gasteiger partial charge in [-0.2, -0.15) is 4.73 Å². The highest BCUT2D eigenvalue weighted by Gasteiger charge is 2.39. The molecule has 2 aliphatic heterocycles. The number of aryl methyl sites for hydroxylation is 1. The van der Waals surface area contributed by atoms with Crippen molar-refractivity contribution in [1.29, 1.82) is 0 Å². The molecule has 0 saturated carbocycles. The van der Waals surface area contributed by atoms with Crippen LogP contribution in [0.4, 0.5) is 0 Å². The Morgan fingerprint density at radius 3 is 2.26 bits per heavy atom. The van der Waals surface area contributed by atoms with Crippen LogP contribution in [-0.2, 0) is 0 Å². The van der Waals surface area contributed by atoms with Gasteiger partial charge in [-0.25, -0.2) is 0 Å². The van der Waals surface area contributed by atoms with Gasteiger partial charge in [0.2, 0.25) is 5.69 Å². The Hall–Kier alpha value is -2.38. The zero-order valence-corrected chi connectivity index (χ0v) is 22.2. The third-order valence-corrected chi connectivity index (χ3v) is 8.28. The smallest absolute Gasteiger partial charge is 0.260 e. The topological polar surface area (TPSA) is 62.5 Å². The molecule has 2 fully saturated rings. The fraction of sp³-hybridized carbons (Fsp3) is 0.481. The second-order valence-electron chi connectivity index (χ2n) is 9.80. The molecule has 2 saturated heterocycles. The van der Waals surface area contributed by atoms with E-state index in [0.29, 0.717) is 11.3 Å². The molecule has 7 heteroatoms. The van der Waals surface area contributed by atoms with Crippen molar-refractivity contribution in [3.05, 3.63) is 74.2 Å². The maximum atomic E-state index is 13.2. The lowest BCUT2D eigenvalue weighted by molar-refractivity contribution is -0.612. The molecule has 4 rings (SSSR count). The predicted molar refractivity (Wildman–Crippen MR) is 139 cm³/mol. The van der Waals surface area contributed by atoms with Gasteiger partial charge in [0.05, 0.1) is 0 Å². The van der Waals surface area contributed by atoms with E-state index in [-0.39, 0.29) is 11.4 Å². The van der Waals surface area contributed by atoms with E-state index in [4.69, 9.17) is 0 Å². The van der Waals surface area contributed by atoms with Crippen LogP contribution in [0.3, 0.4) is 0 Å². The SMILES string of the molecule is CNC(=C1CCN(C2(C)CCN(C(=O)c3c(C)cc[n+]([O-])c3C)CC2)CC1)c1ccc(Br)cc1. The van der Waals surface area contributed by atoms with E-state index >= 15 is 0 Å². The number of carbonyl (C=O) groups excluding carboxylic acids is 1. The largest absolute Gasteiger partial charge is 0.618 e. The summed E-state index contributed by atoms with van der Waals surface area (Å²) in [7, 11) is 2.01. The number of aromatic nitrogens is 1. The molecule has 0 radical (unpaired) electrons. The zero-order chi connectivity index (χ0) is 24.5. The second kappa shape index (κ2) is 10.1. The van der Waals surface area contributed by atoms with Crippen LogP contribution in [0, 0.1) is 19.1 Å². The van der Waals surface area contributed by atoms with Gasteiger partial charge < -0.3 is 15.4 Å². The van der Waals surface area contributed by atoms with Crippen LogP contribution >= 0.6 is 15.9 Å². The van der Waals surface area contributed by atoms with Crippen LogP contribution in [0.15, 0.2) is 46.6 Å². The molecule has 6 nitrogen and oxygen atoms in total. The van der Waals surface area contributed by atoms with Crippen LogP contribution in [0.25, 0.3) is 5.70 Å². The highest BCUT2D eigenvalue weighted by Crippen LogP contribution is 2.34. The van der Waals surface area contributed by atoms with Crippen molar-refractivity contribution in [3.63, 3.8) is 0 Å². The first-order valence-electron chi connectivity index (χ1n) is 12.1. The molecule has 1 aromatic carbocycles. The minimum atomic E-state index is -0.0146. The Morgan fingerprint density at radius 2 is 1.68 bits per heavy atom. The molecule has 34 heavy (non-hydrogen) atoms. The molecule has 0 unspecified atom stereocenters. The van der Waals surface area contributed by atoms with Crippen LogP contribution in [0.1, 0.15) is 59.8 Å². The molecule has 0 spiro atoms. The van der Waals surface area contributed by atoms with Gasteiger partial charge >= 0.3 is 0 Å². The number of hydrogen-bond acceptors (Lipinski definition) is 4. The molecule has 1 N–H and O–H groups in total. The summed E-state index contributed by atoms with van der Waals surface area (Å²) >= 11 is 3.52. The van der Waals surface area contributed by atoms with Crippen LogP contribution in [0.2, 0.25) is 0 Å².